The van der Waals surface area contributed by atoms with Crippen molar-refractivity contribution in [3.05, 3.63) is 17.8 Å². The van der Waals surface area contributed by atoms with Crippen LogP contribution in [0.1, 0.15) is 5.56 Å². The molecule has 7 heteroatoms. The minimum Gasteiger partial charge on any atom is -0.474 e. The van der Waals surface area contributed by atoms with E-state index in [-0.39, 0.29) is 0 Å². The molecule has 0 amide bonds. The van der Waals surface area contributed by atoms with Gasteiger partial charge in [0, 0.05) is 13.3 Å². The summed E-state index contributed by atoms with van der Waals surface area (Å²) in [4.78, 5) is 3.95. The summed E-state index contributed by atoms with van der Waals surface area (Å²) < 4.78 is 20.7. The predicted octanol–water partition coefficient (Wildman–Crippen LogP) is 0.594. The van der Waals surface area contributed by atoms with Gasteiger partial charge in [0.1, 0.15) is 12.7 Å². The van der Waals surface area contributed by atoms with E-state index < -0.39 is 0 Å². The Morgan fingerprint density at radius 3 is 2.40 bits per heavy atom. The average molecular weight is 281 g/mol. The molecule has 0 saturated heterocycles. The minimum absolute atomic E-state index is 0.309. The fourth-order valence-corrected chi connectivity index (χ4v) is 1.31. The van der Waals surface area contributed by atoms with E-state index in [2.05, 4.69) is 4.98 Å². The van der Waals surface area contributed by atoms with Crippen LogP contribution in [0.3, 0.4) is 0 Å². The zero-order valence-corrected chi connectivity index (χ0v) is 11.5. The third-order valence-corrected chi connectivity index (χ3v) is 2.28. The van der Waals surface area contributed by atoms with E-state index in [1.165, 1.54) is 12.3 Å². The lowest BCUT2D eigenvalue weighted by Crippen LogP contribution is -2.13. The van der Waals surface area contributed by atoms with Crippen LogP contribution >= 0.6 is 0 Å². The third-order valence-electron chi connectivity index (χ3n) is 2.28. The van der Waals surface area contributed by atoms with E-state index in [9.17, 15) is 0 Å². The number of nitrogens with two attached hydrogens (primary N) is 1. The van der Waals surface area contributed by atoms with Crippen LogP contribution in [-0.4, -0.2) is 51.7 Å². The Labute approximate surface area is 118 Å². The molecular weight excluding hydrogens is 262 g/mol. The molecule has 0 bridgehead atoms. The molecule has 0 aromatic carbocycles. The number of hydrogen-bond donors (Lipinski definition) is 1. The summed E-state index contributed by atoms with van der Waals surface area (Å²) in [6.07, 6.45) is 1.41. The van der Waals surface area contributed by atoms with Crippen molar-refractivity contribution in [1.29, 1.82) is 5.26 Å². The minimum atomic E-state index is 0.309. The highest BCUT2D eigenvalue weighted by atomic mass is 16.6. The molecular formula is C13H19N3O4. The molecule has 0 spiro atoms. The molecule has 0 saturated carbocycles. The van der Waals surface area contributed by atoms with Crippen molar-refractivity contribution in [3.8, 4) is 11.9 Å². The average Bonchev–Trinajstić information content (AvgIpc) is 2.47. The second kappa shape index (κ2) is 9.97. The van der Waals surface area contributed by atoms with Crippen molar-refractivity contribution in [2.45, 2.75) is 0 Å². The number of hydrogen-bond acceptors (Lipinski definition) is 7. The lowest BCUT2D eigenvalue weighted by atomic mass is 10.3. The number of nitrogens with zero attached hydrogens (tertiary/aromatic N) is 2. The largest absolute Gasteiger partial charge is 0.474 e. The molecule has 7 nitrogen and oxygen atoms in total. The van der Waals surface area contributed by atoms with Crippen LogP contribution in [0.25, 0.3) is 0 Å². The Hall–Kier alpha value is -1.88. The lowest BCUT2D eigenvalue weighted by molar-refractivity contribution is 0.0177. The summed E-state index contributed by atoms with van der Waals surface area (Å²) in [5.74, 6) is 0.309. The normalized spacial score (nSPS) is 10.2. The number of ether oxygens (including phenoxy) is 4. The van der Waals surface area contributed by atoms with Gasteiger partial charge in [-0.2, -0.15) is 5.26 Å². The highest BCUT2D eigenvalue weighted by molar-refractivity contribution is 5.51. The van der Waals surface area contributed by atoms with E-state index >= 15 is 0 Å². The second-order valence-electron chi connectivity index (χ2n) is 3.80. The maximum atomic E-state index is 8.68. The fourth-order valence-electron chi connectivity index (χ4n) is 1.31. The van der Waals surface area contributed by atoms with Crippen LogP contribution in [0.4, 0.5) is 5.69 Å². The SMILES string of the molecule is COCCOCCOCCOc1ncc(C#N)cc1N. The number of rotatable bonds is 10. The van der Waals surface area contributed by atoms with E-state index in [4.69, 9.17) is 29.9 Å². The van der Waals surface area contributed by atoms with E-state index in [1.54, 1.807) is 7.11 Å². The maximum Gasteiger partial charge on any atom is 0.237 e. The van der Waals surface area contributed by atoms with Crippen LogP contribution in [-0.2, 0) is 14.2 Å². The summed E-state index contributed by atoms with van der Waals surface area (Å²) in [6, 6.07) is 3.48. The molecule has 20 heavy (non-hydrogen) atoms. The molecule has 1 aromatic rings. The van der Waals surface area contributed by atoms with Crippen LogP contribution in [0.5, 0.6) is 5.88 Å². The Kier molecular flexibility index (Phi) is 8.07. The smallest absolute Gasteiger partial charge is 0.237 e. The van der Waals surface area contributed by atoms with Crippen molar-refractivity contribution in [3.63, 3.8) is 0 Å². The number of nitrogen functional groups attached to an aromatic ring is 1. The second-order valence-corrected chi connectivity index (χ2v) is 3.80. The monoisotopic (exact) mass is 281 g/mol. The highest BCUT2D eigenvalue weighted by Gasteiger charge is 2.03. The predicted molar refractivity (Wildman–Crippen MR) is 72.4 cm³/mol. The van der Waals surface area contributed by atoms with Gasteiger partial charge in [0.05, 0.1) is 44.3 Å². The highest BCUT2D eigenvalue weighted by Crippen LogP contribution is 2.18. The summed E-state index contributed by atoms with van der Waals surface area (Å²) >= 11 is 0. The van der Waals surface area contributed by atoms with Gasteiger partial charge in [-0.05, 0) is 6.07 Å². The first-order valence-corrected chi connectivity index (χ1v) is 6.20. The number of nitriles is 1. The molecule has 0 fully saturated rings. The van der Waals surface area contributed by atoms with Gasteiger partial charge in [0.15, 0.2) is 0 Å². The molecule has 0 radical (unpaired) electrons. The summed E-state index contributed by atoms with van der Waals surface area (Å²) in [5.41, 5.74) is 6.44. The molecule has 0 aliphatic carbocycles. The molecule has 0 atom stereocenters. The van der Waals surface area contributed by atoms with E-state index in [0.717, 1.165) is 0 Å². The van der Waals surface area contributed by atoms with Gasteiger partial charge in [-0.3, -0.25) is 0 Å². The van der Waals surface area contributed by atoms with Crippen LogP contribution in [0, 0.1) is 11.3 Å². The zero-order valence-electron chi connectivity index (χ0n) is 11.5. The molecule has 1 rings (SSSR count). The van der Waals surface area contributed by atoms with Gasteiger partial charge in [-0.25, -0.2) is 4.98 Å². The Morgan fingerprint density at radius 2 is 1.80 bits per heavy atom. The maximum absolute atomic E-state index is 8.68. The van der Waals surface area contributed by atoms with Gasteiger partial charge in [-0.15, -0.1) is 0 Å². The summed E-state index contributed by atoms with van der Waals surface area (Å²) in [5, 5.41) is 8.68. The van der Waals surface area contributed by atoms with Crippen molar-refractivity contribution in [1.82, 2.24) is 4.98 Å². The molecule has 1 aromatic heterocycles. The molecule has 1 heterocycles. The van der Waals surface area contributed by atoms with Crippen molar-refractivity contribution < 1.29 is 18.9 Å². The van der Waals surface area contributed by atoms with Gasteiger partial charge in [0.2, 0.25) is 5.88 Å². The van der Waals surface area contributed by atoms with Gasteiger partial charge in [-0.1, -0.05) is 0 Å². The quantitative estimate of drug-likeness (QED) is 0.626. The zero-order chi connectivity index (χ0) is 14.6. The number of methoxy groups -OCH3 is 1. The van der Waals surface area contributed by atoms with Gasteiger partial charge in [0.25, 0.3) is 0 Å². The summed E-state index contributed by atoms with van der Waals surface area (Å²) in [7, 11) is 1.63. The fraction of sp³-hybridized carbons (Fsp3) is 0.538. The molecule has 0 aliphatic rings. The summed E-state index contributed by atoms with van der Waals surface area (Å²) in [6.45, 7) is 2.88. The lowest BCUT2D eigenvalue weighted by Gasteiger charge is -2.08. The standard InChI is InChI=1S/C13H19N3O4/c1-17-2-3-18-4-5-19-6-7-20-13-12(15)8-11(9-14)10-16-13/h8,10H,2-7,15H2,1H3. The molecule has 0 aliphatic heterocycles. The van der Waals surface area contributed by atoms with Crippen molar-refractivity contribution in [2.75, 3.05) is 52.5 Å². The number of aromatic nitrogens is 1. The third kappa shape index (κ3) is 6.33. The van der Waals surface area contributed by atoms with Gasteiger partial charge < -0.3 is 24.7 Å². The number of pyridine rings is 1. The topological polar surface area (TPSA) is 99.6 Å². The first kappa shape index (κ1) is 16.2. The Morgan fingerprint density at radius 1 is 1.15 bits per heavy atom. The van der Waals surface area contributed by atoms with Crippen molar-refractivity contribution >= 4 is 5.69 Å². The first-order valence-electron chi connectivity index (χ1n) is 6.20. The molecule has 0 unspecified atom stereocenters. The molecule has 2 N–H and O–H groups in total. The van der Waals surface area contributed by atoms with Crippen LogP contribution in [0.2, 0.25) is 0 Å². The van der Waals surface area contributed by atoms with Gasteiger partial charge >= 0.3 is 0 Å². The van der Waals surface area contributed by atoms with Crippen LogP contribution < -0.4 is 10.5 Å². The van der Waals surface area contributed by atoms with E-state index in [0.29, 0.717) is 56.8 Å². The van der Waals surface area contributed by atoms with Crippen molar-refractivity contribution in [2.24, 2.45) is 0 Å². The molecule has 110 valence electrons. The number of anilines is 1. The Balaban J connectivity index is 2.08. The van der Waals surface area contributed by atoms with E-state index in [1.807, 2.05) is 6.07 Å². The van der Waals surface area contributed by atoms with Crippen LogP contribution in [0.15, 0.2) is 12.3 Å². The first-order chi connectivity index (χ1) is 9.77. The Bertz CT molecular complexity index is 434.